The lowest BCUT2D eigenvalue weighted by Gasteiger charge is -2.34. The molecule has 1 fully saturated rings. The lowest BCUT2D eigenvalue weighted by molar-refractivity contribution is -0.114. The van der Waals surface area contributed by atoms with Crippen molar-refractivity contribution in [2.45, 2.75) is 39.2 Å². The Labute approximate surface area is 178 Å². The fourth-order valence-corrected chi connectivity index (χ4v) is 5.66. The van der Waals surface area contributed by atoms with Crippen molar-refractivity contribution in [3.63, 3.8) is 0 Å². The second-order valence-electron chi connectivity index (χ2n) is 8.09. The van der Waals surface area contributed by atoms with E-state index in [0.717, 1.165) is 44.3 Å². The molecule has 5 heteroatoms. The summed E-state index contributed by atoms with van der Waals surface area (Å²) in [7, 11) is 0. The SMILES string of the molecule is CC(=O)Nc1sc2c(c1CN1CCN(C/C=C/c3ccccc3)CC1)CCCC2. The Balaban J connectivity index is 1.33. The van der Waals surface area contributed by atoms with Crippen LogP contribution >= 0.6 is 11.3 Å². The number of thiophene rings is 1. The maximum atomic E-state index is 11.7. The molecular formula is C24H31N3OS. The minimum atomic E-state index is 0.0415. The number of amides is 1. The molecule has 0 bridgehead atoms. The van der Waals surface area contributed by atoms with Gasteiger partial charge in [0.25, 0.3) is 0 Å². The van der Waals surface area contributed by atoms with Crippen LogP contribution in [-0.2, 0) is 24.2 Å². The summed E-state index contributed by atoms with van der Waals surface area (Å²) >= 11 is 1.81. The minimum Gasteiger partial charge on any atom is -0.318 e. The minimum absolute atomic E-state index is 0.0415. The Kier molecular flexibility index (Phi) is 6.80. The Morgan fingerprint density at radius 2 is 1.79 bits per heavy atom. The largest absolute Gasteiger partial charge is 0.318 e. The van der Waals surface area contributed by atoms with Crippen molar-refractivity contribution in [1.29, 1.82) is 0 Å². The highest BCUT2D eigenvalue weighted by Gasteiger charge is 2.24. The third kappa shape index (κ3) is 5.35. The molecule has 4 nitrogen and oxygen atoms in total. The molecule has 1 aromatic heterocycles. The van der Waals surface area contributed by atoms with E-state index in [9.17, 15) is 4.79 Å². The Hall–Kier alpha value is -1.95. The molecule has 2 aliphatic rings. The van der Waals surface area contributed by atoms with Crippen LogP contribution in [0.1, 0.15) is 41.3 Å². The molecule has 1 aromatic carbocycles. The number of piperazine rings is 1. The highest BCUT2D eigenvalue weighted by atomic mass is 32.1. The lowest BCUT2D eigenvalue weighted by atomic mass is 9.95. The van der Waals surface area contributed by atoms with E-state index in [1.54, 1.807) is 6.92 Å². The number of fused-ring (bicyclic) bond motifs is 1. The summed E-state index contributed by atoms with van der Waals surface area (Å²) in [5.41, 5.74) is 4.18. The van der Waals surface area contributed by atoms with Crippen LogP contribution in [0.3, 0.4) is 0 Å². The van der Waals surface area contributed by atoms with Gasteiger partial charge in [-0.25, -0.2) is 0 Å². The predicted octanol–water partition coefficient (Wildman–Crippen LogP) is 4.42. The number of benzene rings is 1. The molecule has 1 aliphatic heterocycles. The van der Waals surface area contributed by atoms with Crippen molar-refractivity contribution in [2.75, 3.05) is 38.0 Å². The van der Waals surface area contributed by atoms with Gasteiger partial charge < -0.3 is 5.32 Å². The Morgan fingerprint density at radius 1 is 1.07 bits per heavy atom. The fourth-order valence-electron chi connectivity index (χ4n) is 4.31. The molecule has 2 aromatic rings. The topological polar surface area (TPSA) is 35.6 Å². The van der Waals surface area contributed by atoms with Gasteiger partial charge >= 0.3 is 0 Å². The van der Waals surface area contributed by atoms with Gasteiger partial charge in [-0.05, 0) is 36.8 Å². The van der Waals surface area contributed by atoms with Crippen molar-refractivity contribution in [1.82, 2.24) is 9.80 Å². The van der Waals surface area contributed by atoms with Gasteiger partial charge in [0.1, 0.15) is 0 Å². The van der Waals surface area contributed by atoms with Gasteiger partial charge in [-0.3, -0.25) is 14.6 Å². The van der Waals surface area contributed by atoms with Gasteiger partial charge in [0.05, 0.1) is 5.00 Å². The Morgan fingerprint density at radius 3 is 2.55 bits per heavy atom. The average Bonchev–Trinajstić information content (AvgIpc) is 3.06. The van der Waals surface area contributed by atoms with E-state index in [1.165, 1.54) is 47.3 Å². The van der Waals surface area contributed by atoms with Gasteiger partial charge in [-0.1, -0.05) is 42.5 Å². The average molecular weight is 410 g/mol. The highest BCUT2D eigenvalue weighted by molar-refractivity contribution is 7.16. The van der Waals surface area contributed by atoms with Crippen LogP contribution in [0.2, 0.25) is 0 Å². The molecule has 1 N–H and O–H groups in total. The van der Waals surface area contributed by atoms with E-state index in [-0.39, 0.29) is 5.91 Å². The van der Waals surface area contributed by atoms with Crippen LogP contribution in [0.15, 0.2) is 36.4 Å². The number of rotatable bonds is 6. The van der Waals surface area contributed by atoms with Crippen LogP contribution in [0.25, 0.3) is 6.08 Å². The number of nitrogens with zero attached hydrogens (tertiary/aromatic N) is 2. The van der Waals surface area contributed by atoms with Crippen molar-refractivity contribution in [3.8, 4) is 0 Å². The molecule has 29 heavy (non-hydrogen) atoms. The summed E-state index contributed by atoms with van der Waals surface area (Å²) in [4.78, 5) is 18.3. The predicted molar refractivity (Wildman–Crippen MR) is 122 cm³/mol. The van der Waals surface area contributed by atoms with E-state index in [0.29, 0.717) is 0 Å². The first-order chi connectivity index (χ1) is 14.2. The van der Waals surface area contributed by atoms with E-state index >= 15 is 0 Å². The number of carbonyl (C=O) groups excluding carboxylic acids is 1. The molecule has 0 spiro atoms. The van der Waals surface area contributed by atoms with Crippen LogP contribution in [0, 0.1) is 0 Å². The maximum absolute atomic E-state index is 11.7. The highest BCUT2D eigenvalue weighted by Crippen LogP contribution is 2.39. The number of nitrogens with one attached hydrogen (secondary N) is 1. The smallest absolute Gasteiger partial charge is 0.221 e. The molecule has 0 unspecified atom stereocenters. The third-order valence-corrected chi connectivity index (χ3v) is 7.14. The first-order valence-electron chi connectivity index (χ1n) is 10.8. The quantitative estimate of drug-likeness (QED) is 0.767. The standard InChI is InChI=1S/C24H31N3OS/c1-19(28)25-24-22(21-11-5-6-12-23(21)29-24)18-27-16-14-26(15-17-27)13-7-10-20-8-3-2-4-9-20/h2-4,7-10H,5-6,11-18H2,1H3,(H,25,28)/b10-7+. The number of hydrogen-bond donors (Lipinski definition) is 1. The van der Waals surface area contributed by atoms with E-state index in [1.807, 2.05) is 11.3 Å². The van der Waals surface area contributed by atoms with Crippen LogP contribution < -0.4 is 5.32 Å². The van der Waals surface area contributed by atoms with Crippen LogP contribution in [-0.4, -0.2) is 48.4 Å². The van der Waals surface area contributed by atoms with E-state index in [4.69, 9.17) is 0 Å². The molecule has 1 amide bonds. The normalized spacial score (nSPS) is 18.1. The molecule has 0 radical (unpaired) electrons. The Bertz CT molecular complexity index is 851. The summed E-state index contributed by atoms with van der Waals surface area (Å²) in [5, 5.41) is 4.20. The molecular weight excluding hydrogens is 378 g/mol. The van der Waals surface area contributed by atoms with Crippen LogP contribution in [0.5, 0.6) is 0 Å². The zero-order chi connectivity index (χ0) is 20.1. The lowest BCUT2D eigenvalue weighted by Crippen LogP contribution is -2.45. The third-order valence-electron chi connectivity index (χ3n) is 5.89. The van der Waals surface area contributed by atoms with Crippen molar-refractivity contribution in [2.24, 2.45) is 0 Å². The fraction of sp³-hybridized carbons (Fsp3) is 0.458. The summed E-state index contributed by atoms with van der Waals surface area (Å²) in [6, 6.07) is 10.5. The van der Waals surface area contributed by atoms with Gasteiger partial charge in [-0.15, -0.1) is 11.3 Å². The molecule has 154 valence electrons. The molecule has 0 saturated carbocycles. The van der Waals surface area contributed by atoms with Gasteiger partial charge in [0, 0.05) is 56.6 Å². The van der Waals surface area contributed by atoms with E-state index < -0.39 is 0 Å². The molecule has 1 saturated heterocycles. The first kappa shape index (κ1) is 20.3. The molecule has 0 atom stereocenters. The summed E-state index contributed by atoms with van der Waals surface area (Å²) in [6.07, 6.45) is 9.39. The molecule has 2 heterocycles. The molecule has 4 rings (SSSR count). The van der Waals surface area contributed by atoms with Gasteiger partial charge in [0.2, 0.25) is 5.91 Å². The first-order valence-corrected chi connectivity index (χ1v) is 11.6. The second-order valence-corrected chi connectivity index (χ2v) is 9.19. The zero-order valence-electron chi connectivity index (χ0n) is 17.3. The van der Waals surface area contributed by atoms with E-state index in [2.05, 4.69) is 57.6 Å². The van der Waals surface area contributed by atoms with Gasteiger partial charge in [-0.2, -0.15) is 0 Å². The second kappa shape index (κ2) is 9.70. The van der Waals surface area contributed by atoms with Crippen LogP contribution in [0.4, 0.5) is 5.00 Å². The number of carbonyl (C=O) groups is 1. The van der Waals surface area contributed by atoms with Crippen molar-refractivity contribution in [3.05, 3.63) is 58.0 Å². The summed E-state index contributed by atoms with van der Waals surface area (Å²) in [5.74, 6) is 0.0415. The van der Waals surface area contributed by atoms with Crippen molar-refractivity contribution >= 4 is 28.3 Å². The molecule has 1 aliphatic carbocycles. The van der Waals surface area contributed by atoms with Gasteiger partial charge in [0.15, 0.2) is 0 Å². The number of anilines is 1. The maximum Gasteiger partial charge on any atom is 0.221 e. The zero-order valence-corrected chi connectivity index (χ0v) is 18.1. The monoisotopic (exact) mass is 409 g/mol. The number of hydrogen-bond acceptors (Lipinski definition) is 4. The van der Waals surface area contributed by atoms with Crippen molar-refractivity contribution < 1.29 is 4.79 Å². The number of aryl methyl sites for hydroxylation is 1. The summed E-state index contributed by atoms with van der Waals surface area (Å²) < 4.78 is 0. The summed E-state index contributed by atoms with van der Waals surface area (Å²) in [6.45, 7) is 7.96.